The highest BCUT2D eigenvalue weighted by Gasteiger charge is 2.28. The smallest absolute Gasteiger partial charge is 0.410 e. The van der Waals surface area contributed by atoms with E-state index >= 15 is 0 Å². The molecule has 1 fully saturated rings. The molecule has 0 aromatic carbocycles. The first-order chi connectivity index (χ1) is 13.2. The van der Waals surface area contributed by atoms with Gasteiger partial charge in [-0.2, -0.15) is 0 Å². The fourth-order valence-corrected chi connectivity index (χ4v) is 3.27. The van der Waals surface area contributed by atoms with Crippen LogP contribution in [-0.2, 0) is 4.74 Å². The summed E-state index contributed by atoms with van der Waals surface area (Å²) in [5, 5.41) is 0. The molecule has 2 aromatic heterocycles. The van der Waals surface area contributed by atoms with Crippen molar-refractivity contribution >= 4 is 22.8 Å². The maximum atomic E-state index is 12.3. The number of pyridine rings is 2. The summed E-state index contributed by atoms with van der Waals surface area (Å²) in [5.41, 5.74) is 3.46. The molecule has 1 aliphatic rings. The van der Waals surface area contributed by atoms with Gasteiger partial charge in [-0.25, -0.2) is 4.79 Å². The number of hydrogen-bond acceptors (Lipinski definition) is 5. The van der Waals surface area contributed by atoms with E-state index in [0.717, 1.165) is 48.3 Å². The molecule has 0 saturated carbocycles. The minimum atomic E-state index is -0.464. The number of rotatable bonds is 2. The van der Waals surface area contributed by atoms with Gasteiger partial charge in [-0.05, 0) is 58.7 Å². The van der Waals surface area contributed by atoms with Gasteiger partial charge in [0.05, 0.1) is 22.9 Å². The van der Waals surface area contributed by atoms with Crippen LogP contribution in [0.3, 0.4) is 0 Å². The Hall–Kier alpha value is -2.37. The van der Waals surface area contributed by atoms with Gasteiger partial charge in [0.1, 0.15) is 5.60 Å². The van der Waals surface area contributed by atoms with E-state index in [-0.39, 0.29) is 12.1 Å². The molecule has 1 amide bonds. The predicted molar refractivity (Wildman–Crippen MR) is 115 cm³/mol. The van der Waals surface area contributed by atoms with Gasteiger partial charge >= 0.3 is 6.09 Å². The molecule has 0 atom stereocenters. The number of carbonyl (C=O) groups is 1. The average molecular weight is 387 g/mol. The molecule has 2 aromatic rings. The molecular weight excluding hydrogens is 352 g/mol. The van der Waals surface area contributed by atoms with Gasteiger partial charge in [0, 0.05) is 31.9 Å². The number of carbonyl (C=O) groups excluding carboxylic acids is 1. The first-order valence-corrected chi connectivity index (χ1v) is 10.2. The van der Waals surface area contributed by atoms with Crippen molar-refractivity contribution in [3.05, 3.63) is 30.1 Å². The van der Waals surface area contributed by atoms with E-state index in [1.165, 1.54) is 0 Å². The molecule has 0 bridgehead atoms. The maximum Gasteiger partial charge on any atom is 0.410 e. The molecule has 6 heteroatoms. The molecule has 1 saturated heterocycles. The summed E-state index contributed by atoms with van der Waals surface area (Å²) in [6, 6.07) is 6.29. The van der Waals surface area contributed by atoms with Crippen molar-refractivity contribution in [2.45, 2.75) is 66.0 Å². The standard InChI is InChI=1S/C20H28N4O2.C2H6/c1-14-6-7-17-18(22-14)12-16(13-21-17)24-10-8-15(9-11-24)23(5)19(25)26-20(2,3)4;1-2/h6-7,12-13,15H,8-11H2,1-5H3;1-2H3. The SMILES string of the molecule is CC.Cc1ccc2ncc(N3CCC(N(C)C(=O)OC(C)(C)C)CC3)cc2n1. The summed E-state index contributed by atoms with van der Waals surface area (Å²) >= 11 is 0. The van der Waals surface area contributed by atoms with Gasteiger partial charge in [-0.1, -0.05) is 13.8 Å². The zero-order chi connectivity index (χ0) is 20.9. The number of nitrogens with zero attached hydrogens (tertiary/aromatic N) is 4. The third-order valence-electron chi connectivity index (χ3n) is 4.72. The van der Waals surface area contributed by atoms with Crippen LogP contribution < -0.4 is 4.90 Å². The van der Waals surface area contributed by atoms with Gasteiger partial charge in [0.15, 0.2) is 0 Å². The van der Waals surface area contributed by atoms with Gasteiger partial charge in [0.2, 0.25) is 0 Å². The van der Waals surface area contributed by atoms with Gasteiger partial charge in [0.25, 0.3) is 0 Å². The molecule has 0 spiro atoms. The Labute approximate surface area is 168 Å². The summed E-state index contributed by atoms with van der Waals surface area (Å²) in [5.74, 6) is 0. The normalized spacial score (nSPS) is 15.0. The van der Waals surface area contributed by atoms with Crippen molar-refractivity contribution in [3.8, 4) is 0 Å². The Bertz CT molecular complexity index is 793. The Morgan fingerprint density at radius 1 is 1.18 bits per heavy atom. The number of hydrogen-bond donors (Lipinski definition) is 0. The Kier molecular flexibility index (Phi) is 7.22. The van der Waals surface area contributed by atoms with Crippen molar-refractivity contribution in [2.75, 3.05) is 25.0 Å². The second kappa shape index (κ2) is 9.22. The lowest BCUT2D eigenvalue weighted by Crippen LogP contribution is -2.47. The Morgan fingerprint density at radius 2 is 1.82 bits per heavy atom. The maximum absolute atomic E-state index is 12.3. The third-order valence-corrected chi connectivity index (χ3v) is 4.72. The summed E-state index contributed by atoms with van der Waals surface area (Å²) in [6.45, 7) is 13.4. The number of anilines is 1. The predicted octanol–water partition coefficient (Wildman–Crippen LogP) is 4.80. The summed E-state index contributed by atoms with van der Waals surface area (Å²) in [7, 11) is 1.83. The first-order valence-electron chi connectivity index (χ1n) is 10.2. The van der Waals surface area contributed by atoms with Crippen LogP contribution in [0.15, 0.2) is 24.4 Å². The fraction of sp³-hybridized carbons (Fsp3) is 0.591. The van der Waals surface area contributed by atoms with E-state index in [1.54, 1.807) is 4.90 Å². The van der Waals surface area contributed by atoms with E-state index < -0.39 is 5.60 Å². The van der Waals surface area contributed by atoms with Crippen LogP contribution >= 0.6 is 0 Å². The largest absolute Gasteiger partial charge is 0.444 e. The Balaban J connectivity index is 0.00000136. The summed E-state index contributed by atoms with van der Waals surface area (Å²) in [6.07, 6.45) is 3.49. The molecule has 1 aliphatic heterocycles. The minimum absolute atomic E-state index is 0.204. The van der Waals surface area contributed by atoms with Crippen LogP contribution in [0.4, 0.5) is 10.5 Å². The van der Waals surface area contributed by atoms with Gasteiger partial charge < -0.3 is 14.5 Å². The monoisotopic (exact) mass is 386 g/mol. The molecule has 3 heterocycles. The van der Waals surface area contributed by atoms with E-state index in [0.29, 0.717) is 0 Å². The second-order valence-electron chi connectivity index (χ2n) is 7.99. The van der Waals surface area contributed by atoms with Crippen LogP contribution in [0, 0.1) is 6.92 Å². The highest BCUT2D eigenvalue weighted by molar-refractivity contribution is 5.78. The fourth-order valence-electron chi connectivity index (χ4n) is 3.27. The number of ether oxygens (including phenoxy) is 1. The molecule has 0 radical (unpaired) electrons. The van der Waals surface area contributed by atoms with E-state index in [4.69, 9.17) is 4.74 Å². The Morgan fingerprint density at radius 3 is 2.43 bits per heavy atom. The molecule has 0 N–H and O–H groups in total. The highest BCUT2D eigenvalue weighted by atomic mass is 16.6. The number of amides is 1. The molecular formula is C22H34N4O2. The lowest BCUT2D eigenvalue weighted by molar-refractivity contribution is 0.0201. The van der Waals surface area contributed by atoms with E-state index in [2.05, 4.69) is 20.9 Å². The molecule has 154 valence electrons. The lowest BCUT2D eigenvalue weighted by atomic mass is 10.0. The molecule has 6 nitrogen and oxygen atoms in total. The molecule has 28 heavy (non-hydrogen) atoms. The number of aromatic nitrogens is 2. The second-order valence-corrected chi connectivity index (χ2v) is 7.99. The number of aryl methyl sites for hydroxylation is 1. The van der Waals surface area contributed by atoms with Crippen LogP contribution in [0.25, 0.3) is 11.0 Å². The van der Waals surface area contributed by atoms with Crippen molar-refractivity contribution in [2.24, 2.45) is 0 Å². The lowest BCUT2D eigenvalue weighted by Gasteiger charge is -2.38. The zero-order valence-corrected chi connectivity index (χ0v) is 18.3. The van der Waals surface area contributed by atoms with Crippen molar-refractivity contribution in [3.63, 3.8) is 0 Å². The first kappa shape index (κ1) is 21.9. The van der Waals surface area contributed by atoms with Crippen LogP contribution in [-0.4, -0.2) is 52.7 Å². The van der Waals surface area contributed by atoms with Crippen LogP contribution in [0.2, 0.25) is 0 Å². The van der Waals surface area contributed by atoms with E-state index in [9.17, 15) is 4.79 Å². The van der Waals surface area contributed by atoms with Crippen molar-refractivity contribution < 1.29 is 9.53 Å². The van der Waals surface area contributed by atoms with Crippen LogP contribution in [0.1, 0.15) is 53.2 Å². The molecule has 0 aliphatic carbocycles. The third kappa shape index (κ3) is 5.57. The van der Waals surface area contributed by atoms with Crippen molar-refractivity contribution in [1.29, 1.82) is 0 Å². The number of piperidine rings is 1. The quantitative estimate of drug-likeness (QED) is 0.742. The minimum Gasteiger partial charge on any atom is -0.444 e. The van der Waals surface area contributed by atoms with Crippen LogP contribution in [0.5, 0.6) is 0 Å². The summed E-state index contributed by atoms with van der Waals surface area (Å²) < 4.78 is 5.48. The highest BCUT2D eigenvalue weighted by Crippen LogP contribution is 2.25. The van der Waals surface area contributed by atoms with E-state index in [1.807, 2.05) is 66.9 Å². The van der Waals surface area contributed by atoms with Gasteiger partial charge in [-0.15, -0.1) is 0 Å². The summed E-state index contributed by atoms with van der Waals surface area (Å²) in [4.78, 5) is 25.4. The van der Waals surface area contributed by atoms with Crippen molar-refractivity contribution in [1.82, 2.24) is 14.9 Å². The topological polar surface area (TPSA) is 58.6 Å². The molecule has 3 rings (SSSR count). The average Bonchev–Trinajstić information content (AvgIpc) is 2.67. The molecule has 0 unspecified atom stereocenters. The van der Waals surface area contributed by atoms with Gasteiger partial charge in [-0.3, -0.25) is 9.97 Å². The number of fused-ring (bicyclic) bond motifs is 1. The zero-order valence-electron chi connectivity index (χ0n) is 18.3.